The van der Waals surface area contributed by atoms with Crippen molar-refractivity contribution in [3.05, 3.63) is 29.8 Å². The summed E-state index contributed by atoms with van der Waals surface area (Å²) >= 11 is 0. The monoisotopic (exact) mass is 218 g/mol. The van der Waals surface area contributed by atoms with E-state index in [9.17, 15) is 0 Å². The molecule has 1 N–H and O–H groups in total. The summed E-state index contributed by atoms with van der Waals surface area (Å²) < 4.78 is 5.40. The minimum absolute atomic E-state index is 0.0210. The topological polar surface area (TPSA) is 29.5 Å². The van der Waals surface area contributed by atoms with Crippen LogP contribution >= 0.6 is 0 Å². The highest BCUT2D eigenvalue weighted by molar-refractivity contribution is 5.46. The number of ether oxygens (including phenoxy) is 1. The molecule has 16 heavy (non-hydrogen) atoms. The van der Waals surface area contributed by atoms with Gasteiger partial charge in [-0.1, -0.05) is 37.8 Å². The summed E-state index contributed by atoms with van der Waals surface area (Å²) in [6, 6.07) is 7.64. The Kier molecular flexibility index (Phi) is 5.45. The minimum atomic E-state index is 0.0210. The SMILES string of the molecule is CCC(C)C#Cc1ccccc1OCCO. The fourth-order valence-corrected chi connectivity index (χ4v) is 1.15. The molecule has 0 heterocycles. The first-order valence-corrected chi connectivity index (χ1v) is 5.62. The van der Waals surface area contributed by atoms with Crippen molar-refractivity contribution in [3.63, 3.8) is 0 Å². The molecule has 0 aliphatic rings. The third-order valence-corrected chi connectivity index (χ3v) is 2.30. The molecule has 0 fully saturated rings. The highest BCUT2D eigenvalue weighted by Gasteiger charge is 1.99. The van der Waals surface area contributed by atoms with Crippen LogP contribution in [0.15, 0.2) is 24.3 Å². The van der Waals surface area contributed by atoms with Gasteiger partial charge in [-0.2, -0.15) is 0 Å². The molecule has 0 radical (unpaired) electrons. The molecule has 2 heteroatoms. The van der Waals surface area contributed by atoms with Crippen LogP contribution in [0.2, 0.25) is 0 Å². The van der Waals surface area contributed by atoms with Crippen molar-refractivity contribution in [2.75, 3.05) is 13.2 Å². The molecular formula is C14H18O2. The molecular weight excluding hydrogens is 200 g/mol. The maximum Gasteiger partial charge on any atom is 0.135 e. The Labute approximate surface area is 97.3 Å². The second-order valence-corrected chi connectivity index (χ2v) is 3.65. The lowest BCUT2D eigenvalue weighted by molar-refractivity contribution is 0.201. The van der Waals surface area contributed by atoms with Crippen molar-refractivity contribution >= 4 is 0 Å². The van der Waals surface area contributed by atoms with Crippen LogP contribution in [0.1, 0.15) is 25.8 Å². The summed E-state index contributed by atoms with van der Waals surface area (Å²) in [5, 5.41) is 8.71. The van der Waals surface area contributed by atoms with Crippen molar-refractivity contribution in [3.8, 4) is 17.6 Å². The standard InChI is InChI=1S/C14H18O2/c1-3-12(2)8-9-13-6-4-5-7-14(13)16-11-10-15/h4-7,12,15H,3,10-11H2,1-2H3. The summed E-state index contributed by atoms with van der Waals surface area (Å²) in [6.45, 7) is 4.55. The van der Waals surface area contributed by atoms with Gasteiger partial charge in [0.2, 0.25) is 0 Å². The highest BCUT2D eigenvalue weighted by atomic mass is 16.5. The van der Waals surface area contributed by atoms with Gasteiger partial charge in [-0.05, 0) is 18.6 Å². The third-order valence-electron chi connectivity index (χ3n) is 2.30. The second-order valence-electron chi connectivity index (χ2n) is 3.65. The molecule has 86 valence electrons. The van der Waals surface area contributed by atoms with Crippen LogP contribution in [0, 0.1) is 17.8 Å². The average Bonchev–Trinajstić information content (AvgIpc) is 2.34. The maximum absolute atomic E-state index is 8.71. The molecule has 2 nitrogen and oxygen atoms in total. The van der Waals surface area contributed by atoms with Gasteiger partial charge in [-0.15, -0.1) is 0 Å². The molecule has 0 saturated heterocycles. The Morgan fingerprint density at radius 3 is 2.81 bits per heavy atom. The van der Waals surface area contributed by atoms with Crippen LogP contribution in [-0.4, -0.2) is 18.3 Å². The summed E-state index contributed by atoms with van der Waals surface area (Å²) in [5.41, 5.74) is 0.885. The predicted molar refractivity (Wildman–Crippen MR) is 65.4 cm³/mol. The van der Waals surface area contributed by atoms with E-state index in [2.05, 4.69) is 25.7 Å². The van der Waals surface area contributed by atoms with Gasteiger partial charge in [-0.3, -0.25) is 0 Å². The van der Waals surface area contributed by atoms with Gasteiger partial charge >= 0.3 is 0 Å². The van der Waals surface area contributed by atoms with Crippen molar-refractivity contribution in [2.45, 2.75) is 20.3 Å². The summed E-state index contributed by atoms with van der Waals surface area (Å²) in [7, 11) is 0. The number of rotatable bonds is 4. The Balaban J connectivity index is 2.80. The van der Waals surface area contributed by atoms with Gasteiger partial charge in [0.25, 0.3) is 0 Å². The Morgan fingerprint density at radius 2 is 2.12 bits per heavy atom. The van der Waals surface area contributed by atoms with E-state index in [1.54, 1.807) is 0 Å². The first-order valence-electron chi connectivity index (χ1n) is 5.62. The van der Waals surface area contributed by atoms with Crippen molar-refractivity contribution in [1.82, 2.24) is 0 Å². The van der Waals surface area contributed by atoms with E-state index in [1.807, 2.05) is 24.3 Å². The Hall–Kier alpha value is -1.46. The van der Waals surface area contributed by atoms with Gasteiger partial charge in [0, 0.05) is 5.92 Å². The van der Waals surface area contributed by atoms with Gasteiger partial charge in [0.05, 0.1) is 12.2 Å². The first kappa shape index (κ1) is 12.6. The molecule has 0 bridgehead atoms. The number of hydrogen-bond acceptors (Lipinski definition) is 2. The van der Waals surface area contributed by atoms with E-state index in [4.69, 9.17) is 9.84 Å². The predicted octanol–water partition coefficient (Wildman–Crippen LogP) is 2.46. The molecule has 0 aliphatic carbocycles. The van der Waals surface area contributed by atoms with Crippen molar-refractivity contribution < 1.29 is 9.84 Å². The minimum Gasteiger partial charge on any atom is -0.490 e. The molecule has 1 aromatic rings. The zero-order valence-corrected chi connectivity index (χ0v) is 9.86. The van der Waals surface area contributed by atoms with E-state index < -0.39 is 0 Å². The summed E-state index contributed by atoms with van der Waals surface area (Å²) in [6.07, 6.45) is 1.05. The summed E-state index contributed by atoms with van der Waals surface area (Å²) in [5.74, 6) is 7.43. The quantitative estimate of drug-likeness (QED) is 0.787. The molecule has 0 amide bonds. The molecule has 1 atom stereocenters. The van der Waals surface area contributed by atoms with Gasteiger partial charge < -0.3 is 9.84 Å². The molecule has 0 aromatic heterocycles. The normalized spacial score (nSPS) is 11.4. The smallest absolute Gasteiger partial charge is 0.135 e. The maximum atomic E-state index is 8.71. The van der Waals surface area contributed by atoms with Gasteiger partial charge in [-0.25, -0.2) is 0 Å². The number of aliphatic hydroxyl groups is 1. The zero-order chi connectivity index (χ0) is 11.8. The van der Waals surface area contributed by atoms with Gasteiger partial charge in [0.1, 0.15) is 12.4 Å². The Morgan fingerprint density at radius 1 is 1.38 bits per heavy atom. The largest absolute Gasteiger partial charge is 0.490 e. The van der Waals surface area contributed by atoms with E-state index in [0.717, 1.165) is 17.7 Å². The fraction of sp³-hybridized carbons (Fsp3) is 0.429. The van der Waals surface area contributed by atoms with Crippen molar-refractivity contribution in [1.29, 1.82) is 0 Å². The number of benzene rings is 1. The second kappa shape index (κ2) is 6.92. The lowest BCUT2D eigenvalue weighted by Crippen LogP contribution is -2.02. The van der Waals surface area contributed by atoms with Crippen molar-refractivity contribution in [2.24, 2.45) is 5.92 Å². The van der Waals surface area contributed by atoms with Crippen LogP contribution in [0.25, 0.3) is 0 Å². The van der Waals surface area contributed by atoms with E-state index >= 15 is 0 Å². The van der Waals surface area contributed by atoms with Gasteiger partial charge in [0.15, 0.2) is 0 Å². The highest BCUT2D eigenvalue weighted by Crippen LogP contribution is 2.16. The molecule has 1 unspecified atom stereocenters. The van der Waals surface area contributed by atoms with E-state index in [0.29, 0.717) is 12.5 Å². The van der Waals surface area contributed by atoms with Crippen LogP contribution in [0.3, 0.4) is 0 Å². The molecule has 0 aliphatic heterocycles. The van der Waals surface area contributed by atoms with Crippen LogP contribution in [-0.2, 0) is 0 Å². The molecule has 0 spiro atoms. The average molecular weight is 218 g/mol. The number of para-hydroxylation sites is 1. The first-order chi connectivity index (χ1) is 7.77. The Bertz CT molecular complexity index is 374. The third kappa shape index (κ3) is 3.96. The lowest BCUT2D eigenvalue weighted by Gasteiger charge is -2.06. The molecule has 0 saturated carbocycles. The van der Waals surface area contributed by atoms with E-state index in [-0.39, 0.29) is 6.61 Å². The summed E-state index contributed by atoms with van der Waals surface area (Å²) in [4.78, 5) is 0. The zero-order valence-electron chi connectivity index (χ0n) is 9.86. The van der Waals surface area contributed by atoms with Crippen LogP contribution in [0.4, 0.5) is 0 Å². The fourth-order valence-electron chi connectivity index (χ4n) is 1.15. The van der Waals surface area contributed by atoms with Crippen LogP contribution < -0.4 is 4.74 Å². The number of aliphatic hydroxyl groups excluding tert-OH is 1. The lowest BCUT2D eigenvalue weighted by atomic mass is 10.1. The van der Waals surface area contributed by atoms with Crippen LogP contribution in [0.5, 0.6) is 5.75 Å². The van der Waals surface area contributed by atoms with E-state index in [1.165, 1.54) is 0 Å². The molecule has 1 rings (SSSR count). The number of hydrogen-bond donors (Lipinski definition) is 1. The molecule has 1 aromatic carbocycles.